The summed E-state index contributed by atoms with van der Waals surface area (Å²) in [6, 6.07) is 1.98. The van der Waals surface area contributed by atoms with Gasteiger partial charge in [0.15, 0.2) is 0 Å². The molecule has 0 spiro atoms. The van der Waals surface area contributed by atoms with E-state index in [9.17, 15) is 5.11 Å². The maximum atomic E-state index is 9.84. The summed E-state index contributed by atoms with van der Waals surface area (Å²) in [5, 5.41) is 9.84. The normalized spacial score (nSPS) is 19.0. The Morgan fingerprint density at radius 2 is 2.43 bits per heavy atom. The molecule has 1 aromatic heterocycles. The molecule has 76 valence electrons. The molecule has 0 aromatic carbocycles. The van der Waals surface area contributed by atoms with Crippen LogP contribution in [0.5, 0.6) is 0 Å². The first-order valence-corrected chi connectivity index (χ1v) is 5.34. The van der Waals surface area contributed by atoms with Crippen LogP contribution in [-0.4, -0.2) is 9.67 Å². The molecule has 2 nitrogen and oxygen atoms in total. The van der Waals surface area contributed by atoms with Crippen LogP contribution >= 0.6 is 11.6 Å². The Labute approximate surface area is 88.8 Å². The molecule has 1 atom stereocenters. The smallest absolute Gasteiger partial charge is 0.0832 e. The van der Waals surface area contributed by atoms with E-state index in [2.05, 4.69) is 0 Å². The molecular weight excluding hydrogens is 198 g/mol. The number of hydrogen-bond acceptors (Lipinski definition) is 1. The highest BCUT2D eigenvalue weighted by atomic mass is 35.5. The summed E-state index contributed by atoms with van der Waals surface area (Å²) in [6.45, 7) is 0.765. The molecule has 1 aliphatic carbocycles. The topological polar surface area (TPSA) is 25.2 Å². The van der Waals surface area contributed by atoms with E-state index in [-0.39, 0.29) is 6.10 Å². The molecule has 14 heavy (non-hydrogen) atoms. The quantitative estimate of drug-likeness (QED) is 0.814. The molecule has 1 aromatic rings. The van der Waals surface area contributed by atoms with Gasteiger partial charge in [-0.15, -0.1) is 0 Å². The Hall–Kier alpha value is -0.730. The monoisotopic (exact) mass is 211 g/mol. The van der Waals surface area contributed by atoms with Crippen LogP contribution in [0.4, 0.5) is 0 Å². The second-order valence-electron chi connectivity index (χ2n) is 3.79. The zero-order valence-corrected chi connectivity index (χ0v) is 8.69. The maximum Gasteiger partial charge on any atom is 0.0832 e. The van der Waals surface area contributed by atoms with Crippen LogP contribution in [0.3, 0.4) is 0 Å². The highest BCUT2D eigenvalue weighted by Crippen LogP contribution is 2.40. The average molecular weight is 212 g/mol. The van der Waals surface area contributed by atoms with E-state index in [1.807, 2.05) is 29.1 Å². The van der Waals surface area contributed by atoms with Crippen LogP contribution < -0.4 is 0 Å². The number of aromatic nitrogens is 1. The van der Waals surface area contributed by atoms with Gasteiger partial charge in [0.05, 0.1) is 6.10 Å². The highest BCUT2D eigenvalue weighted by Gasteiger charge is 2.30. The molecule has 1 saturated carbocycles. The van der Waals surface area contributed by atoms with Gasteiger partial charge in [-0.05, 0) is 30.4 Å². The standard InChI is InChI=1S/C11H14ClNO/c12-5-1-6-13-7-4-10(8-13)11(14)9-2-3-9/h1,4-5,7-9,11,14H,2-3,6H2. The molecule has 0 radical (unpaired) electrons. The summed E-state index contributed by atoms with van der Waals surface area (Å²) in [7, 11) is 0. The molecule has 3 heteroatoms. The fraction of sp³-hybridized carbons (Fsp3) is 0.455. The van der Waals surface area contributed by atoms with Gasteiger partial charge in [0, 0.05) is 24.5 Å². The molecule has 0 aliphatic heterocycles. The number of halogens is 1. The third-order valence-electron chi connectivity index (χ3n) is 2.59. The minimum Gasteiger partial charge on any atom is -0.388 e. The molecule has 0 bridgehead atoms. The van der Waals surface area contributed by atoms with Gasteiger partial charge in [0.1, 0.15) is 0 Å². The molecular formula is C11H14ClNO. The summed E-state index contributed by atoms with van der Waals surface area (Å²) in [5.74, 6) is 0.495. The van der Waals surface area contributed by atoms with Crippen LogP contribution in [0.15, 0.2) is 30.1 Å². The number of rotatable bonds is 4. The number of aliphatic hydroxyl groups excluding tert-OH is 1. The summed E-state index contributed by atoms with van der Waals surface area (Å²) >= 11 is 5.44. The highest BCUT2D eigenvalue weighted by molar-refractivity contribution is 6.25. The first-order chi connectivity index (χ1) is 6.81. The molecule has 1 aliphatic rings. The van der Waals surface area contributed by atoms with Crippen molar-refractivity contribution in [1.82, 2.24) is 4.57 Å². The van der Waals surface area contributed by atoms with Crippen LogP contribution in [0.25, 0.3) is 0 Å². The molecule has 1 heterocycles. The van der Waals surface area contributed by atoms with E-state index in [0.717, 1.165) is 24.9 Å². The minimum absolute atomic E-state index is 0.267. The van der Waals surface area contributed by atoms with E-state index >= 15 is 0 Å². The molecule has 1 N–H and O–H groups in total. The van der Waals surface area contributed by atoms with Gasteiger partial charge in [-0.25, -0.2) is 0 Å². The summed E-state index contributed by atoms with van der Waals surface area (Å²) in [6.07, 6.45) is 7.88. The third kappa shape index (κ3) is 2.20. The van der Waals surface area contributed by atoms with Crippen molar-refractivity contribution in [2.24, 2.45) is 5.92 Å². The van der Waals surface area contributed by atoms with Crippen LogP contribution in [-0.2, 0) is 6.54 Å². The van der Waals surface area contributed by atoms with Crippen molar-refractivity contribution in [2.75, 3.05) is 0 Å². The van der Waals surface area contributed by atoms with Crippen molar-refractivity contribution in [2.45, 2.75) is 25.5 Å². The molecule has 1 fully saturated rings. The predicted molar refractivity (Wildman–Crippen MR) is 57.1 cm³/mol. The lowest BCUT2D eigenvalue weighted by molar-refractivity contribution is 0.154. The number of hydrogen-bond donors (Lipinski definition) is 1. The van der Waals surface area contributed by atoms with Gasteiger partial charge < -0.3 is 9.67 Å². The van der Waals surface area contributed by atoms with E-state index in [0.29, 0.717) is 5.92 Å². The fourth-order valence-corrected chi connectivity index (χ4v) is 1.67. The molecule has 0 saturated heterocycles. The van der Waals surface area contributed by atoms with Crippen molar-refractivity contribution in [3.05, 3.63) is 35.6 Å². The van der Waals surface area contributed by atoms with Gasteiger partial charge in [-0.3, -0.25) is 0 Å². The minimum atomic E-state index is -0.267. The van der Waals surface area contributed by atoms with Crippen molar-refractivity contribution in [3.8, 4) is 0 Å². The van der Waals surface area contributed by atoms with Crippen molar-refractivity contribution in [3.63, 3.8) is 0 Å². The fourth-order valence-electron chi connectivity index (χ4n) is 1.59. The van der Waals surface area contributed by atoms with Crippen LogP contribution in [0.1, 0.15) is 24.5 Å². The molecule has 0 amide bonds. The third-order valence-corrected chi connectivity index (χ3v) is 2.77. The average Bonchev–Trinajstić information content (AvgIpc) is 2.94. The van der Waals surface area contributed by atoms with Gasteiger partial charge in [-0.2, -0.15) is 0 Å². The second kappa shape index (κ2) is 4.20. The van der Waals surface area contributed by atoms with E-state index in [1.54, 1.807) is 0 Å². The first-order valence-electron chi connectivity index (χ1n) is 4.90. The second-order valence-corrected chi connectivity index (χ2v) is 4.04. The summed E-state index contributed by atoms with van der Waals surface area (Å²) < 4.78 is 2.01. The lowest BCUT2D eigenvalue weighted by Crippen LogP contribution is -1.98. The Bertz CT molecular complexity index is 328. The Kier molecular flexibility index (Phi) is 2.94. The van der Waals surface area contributed by atoms with Crippen molar-refractivity contribution < 1.29 is 5.11 Å². The van der Waals surface area contributed by atoms with Crippen LogP contribution in [0, 0.1) is 5.92 Å². The van der Waals surface area contributed by atoms with Crippen molar-refractivity contribution in [1.29, 1.82) is 0 Å². The Morgan fingerprint density at radius 1 is 1.64 bits per heavy atom. The van der Waals surface area contributed by atoms with Gasteiger partial charge in [-0.1, -0.05) is 17.7 Å². The zero-order valence-electron chi connectivity index (χ0n) is 7.94. The van der Waals surface area contributed by atoms with E-state index in [4.69, 9.17) is 11.6 Å². The van der Waals surface area contributed by atoms with Gasteiger partial charge in [0.2, 0.25) is 0 Å². The summed E-state index contributed by atoms with van der Waals surface area (Å²) in [5.41, 5.74) is 2.53. The summed E-state index contributed by atoms with van der Waals surface area (Å²) in [4.78, 5) is 0. The van der Waals surface area contributed by atoms with E-state index in [1.165, 1.54) is 5.54 Å². The van der Waals surface area contributed by atoms with Crippen molar-refractivity contribution >= 4 is 11.6 Å². The zero-order chi connectivity index (χ0) is 9.97. The van der Waals surface area contributed by atoms with Crippen LogP contribution in [0.2, 0.25) is 0 Å². The molecule has 2 rings (SSSR count). The van der Waals surface area contributed by atoms with E-state index < -0.39 is 0 Å². The lowest BCUT2D eigenvalue weighted by atomic mass is 10.1. The molecule has 1 unspecified atom stereocenters. The van der Waals surface area contributed by atoms with Gasteiger partial charge in [0.25, 0.3) is 0 Å². The SMILES string of the molecule is OC(c1ccn(CC=CCl)c1)C1CC1. The maximum absolute atomic E-state index is 9.84. The Balaban J connectivity index is 2.01. The Morgan fingerprint density at radius 3 is 3.07 bits per heavy atom. The lowest BCUT2D eigenvalue weighted by Gasteiger charge is -2.05. The number of allylic oxidation sites excluding steroid dienone is 1. The first kappa shape index (κ1) is 9.81. The largest absolute Gasteiger partial charge is 0.388 e. The number of aliphatic hydroxyl groups is 1. The predicted octanol–water partition coefficient (Wildman–Crippen LogP) is 2.68. The number of nitrogens with zero attached hydrogens (tertiary/aromatic N) is 1. The van der Waals surface area contributed by atoms with Gasteiger partial charge >= 0.3 is 0 Å².